The van der Waals surface area contributed by atoms with Crippen LogP contribution >= 0.6 is 0 Å². The van der Waals surface area contributed by atoms with Crippen molar-refractivity contribution in [1.82, 2.24) is 9.80 Å². The van der Waals surface area contributed by atoms with Gasteiger partial charge < -0.3 is 29.7 Å². The molecular weight excluding hydrogens is 520 g/mol. The van der Waals surface area contributed by atoms with Crippen LogP contribution in [0.3, 0.4) is 0 Å². The van der Waals surface area contributed by atoms with E-state index in [1.165, 1.54) is 0 Å². The third-order valence-corrected chi connectivity index (χ3v) is 7.73. The zero-order valence-corrected chi connectivity index (χ0v) is 23.8. The highest BCUT2D eigenvalue weighted by Gasteiger charge is 2.20. The van der Waals surface area contributed by atoms with E-state index in [0.717, 1.165) is 79.8 Å². The Morgan fingerprint density at radius 3 is 2.56 bits per heavy atom. The van der Waals surface area contributed by atoms with Gasteiger partial charge in [-0.15, -0.1) is 0 Å². The van der Waals surface area contributed by atoms with E-state index in [9.17, 15) is 9.59 Å². The van der Waals surface area contributed by atoms with Crippen LogP contribution in [0.4, 0.5) is 11.4 Å². The second-order valence-corrected chi connectivity index (χ2v) is 10.5. The fourth-order valence-electron chi connectivity index (χ4n) is 5.33. The van der Waals surface area contributed by atoms with Gasteiger partial charge in [0.1, 0.15) is 12.4 Å². The van der Waals surface area contributed by atoms with Crippen molar-refractivity contribution in [1.29, 1.82) is 0 Å². The van der Waals surface area contributed by atoms with Gasteiger partial charge in [0.2, 0.25) is 5.91 Å². The Morgan fingerprint density at radius 1 is 1.00 bits per heavy atom. The number of para-hydroxylation sites is 2. The second-order valence-electron chi connectivity index (χ2n) is 10.5. The molecule has 9 heteroatoms. The van der Waals surface area contributed by atoms with Crippen LogP contribution in [0.2, 0.25) is 0 Å². The first-order chi connectivity index (χ1) is 20.1. The molecule has 2 aromatic rings. The maximum Gasteiger partial charge on any atom is 0.251 e. The number of anilines is 2. The van der Waals surface area contributed by atoms with E-state index in [4.69, 9.17) is 14.2 Å². The number of ether oxygens (including phenoxy) is 3. The molecule has 9 nitrogen and oxygen atoms in total. The summed E-state index contributed by atoms with van der Waals surface area (Å²) in [5.41, 5.74) is 4.55. The Morgan fingerprint density at radius 2 is 1.83 bits per heavy atom. The molecule has 218 valence electrons. The number of nitrogens with zero attached hydrogens (tertiary/aromatic N) is 2. The van der Waals surface area contributed by atoms with Crippen molar-refractivity contribution >= 4 is 23.2 Å². The zero-order chi connectivity index (χ0) is 28.4. The molecule has 3 aliphatic rings. The molecule has 0 aromatic heterocycles. The molecule has 2 N–H and O–H groups in total. The molecule has 0 radical (unpaired) electrons. The number of allylic oxidation sites excluding steroid dienone is 3. The molecule has 2 amide bonds. The number of hydrogen-bond donors (Lipinski definition) is 2. The van der Waals surface area contributed by atoms with Gasteiger partial charge >= 0.3 is 0 Å². The van der Waals surface area contributed by atoms with Crippen molar-refractivity contribution in [2.75, 3.05) is 63.7 Å². The number of carbonyl (C=O) groups excluding carboxylic acids is 2. The maximum absolute atomic E-state index is 13.1. The van der Waals surface area contributed by atoms with Crippen molar-refractivity contribution in [3.63, 3.8) is 0 Å². The largest absolute Gasteiger partial charge is 0.496 e. The highest BCUT2D eigenvalue weighted by Crippen LogP contribution is 2.27. The first-order valence-corrected chi connectivity index (χ1v) is 14.5. The van der Waals surface area contributed by atoms with Gasteiger partial charge in [-0.3, -0.25) is 14.5 Å². The fourth-order valence-corrected chi connectivity index (χ4v) is 5.33. The summed E-state index contributed by atoms with van der Waals surface area (Å²) in [7, 11) is 1.71. The van der Waals surface area contributed by atoms with Crippen molar-refractivity contribution < 1.29 is 23.8 Å². The third-order valence-electron chi connectivity index (χ3n) is 7.73. The lowest BCUT2D eigenvalue weighted by molar-refractivity contribution is -0.128. The average Bonchev–Trinajstić information content (AvgIpc) is 3.42. The first kappa shape index (κ1) is 28.7. The smallest absolute Gasteiger partial charge is 0.251 e. The van der Waals surface area contributed by atoms with Crippen LogP contribution in [-0.4, -0.2) is 74.7 Å². The fraction of sp³-hybridized carbons (Fsp3) is 0.438. The zero-order valence-electron chi connectivity index (χ0n) is 23.8. The quantitative estimate of drug-likeness (QED) is 0.400. The maximum atomic E-state index is 13.1. The van der Waals surface area contributed by atoms with E-state index in [1.807, 2.05) is 41.3 Å². The van der Waals surface area contributed by atoms with E-state index < -0.39 is 0 Å². The molecule has 0 unspecified atom stereocenters. The van der Waals surface area contributed by atoms with Crippen molar-refractivity contribution in [3.05, 3.63) is 77.1 Å². The Bertz CT molecular complexity index is 1280. The number of rotatable bonds is 12. The van der Waals surface area contributed by atoms with E-state index in [0.29, 0.717) is 44.5 Å². The minimum atomic E-state index is -0.119. The van der Waals surface area contributed by atoms with Gasteiger partial charge in [-0.25, -0.2) is 0 Å². The Kier molecular flexibility index (Phi) is 9.93. The lowest BCUT2D eigenvalue weighted by Crippen LogP contribution is -2.35. The summed E-state index contributed by atoms with van der Waals surface area (Å²) < 4.78 is 17.0. The molecule has 2 aliphatic heterocycles. The number of nitrogens with one attached hydrogen (secondary N) is 2. The number of methoxy groups -OCH3 is 1. The van der Waals surface area contributed by atoms with E-state index in [2.05, 4.69) is 33.7 Å². The van der Waals surface area contributed by atoms with Crippen molar-refractivity contribution in [2.24, 2.45) is 0 Å². The predicted octanol–water partition coefficient (Wildman–Crippen LogP) is 4.32. The number of carbonyl (C=O) groups is 2. The van der Waals surface area contributed by atoms with Crippen LogP contribution in [-0.2, 0) is 32.2 Å². The second kappa shape index (κ2) is 14.2. The van der Waals surface area contributed by atoms with Crippen molar-refractivity contribution in [2.45, 2.75) is 38.8 Å². The molecule has 0 bridgehead atoms. The Labute approximate surface area is 242 Å². The summed E-state index contributed by atoms with van der Waals surface area (Å²) in [6, 6.07) is 14.1. The lowest BCUT2D eigenvalue weighted by atomic mass is 10.0. The lowest BCUT2D eigenvalue weighted by Gasteiger charge is -2.27. The molecule has 0 atom stereocenters. The van der Waals surface area contributed by atoms with Crippen LogP contribution in [0.25, 0.3) is 0 Å². The highest BCUT2D eigenvalue weighted by atomic mass is 16.5. The summed E-state index contributed by atoms with van der Waals surface area (Å²) in [5, 5.41) is 6.54. The molecular formula is C32H40N4O5. The van der Waals surface area contributed by atoms with Crippen LogP contribution in [0.5, 0.6) is 5.75 Å². The van der Waals surface area contributed by atoms with Crippen LogP contribution < -0.4 is 15.4 Å². The number of hydrogen-bond acceptors (Lipinski definition) is 7. The van der Waals surface area contributed by atoms with E-state index in [-0.39, 0.29) is 11.8 Å². The summed E-state index contributed by atoms with van der Waals surface area (Å²) in [6.07, 6.45) is 6.53. The van der Waals surface area contributed by atoms with Gasteiger partial charge in [0.25, 0.3) is 5.91 Å². The standard InChI is InChI=1S/C32H40N4O5/c1-39-30-21-24(8-9-26(30)23-35-15-18-40-19-16-35)22-33-28-5-2-3-6-29(28)34-32(38)25-10-12-27(13-11-25)41-20-17-36-14-4-7-31(36)37/h2-3,5-6,8-10,12,21,33H,4,7,11,13-20,22-23H2,1H3,(H,34,38). The molecule has 2 saturated heterocycles. The average molecular weight is 561 g/mol. The Hall–Kier alpha value is -3.82. The summed E-state index contributed by atoms with van der Waals surface area (Å²) in [5.74, 6) is 1.81. The normalized spacial score (nSPS) is 17.6. The minimum absolute atomic E-state index is 0.119. The van der Waals surface area contributed by atoms with Gasteiger partial charge in [-0.05, 0) is 42.7 Å². The van der Waals surface area contributed by atoms with Crippen LogP contribution in [0.1, 0.15) is 36.8 Å². The SMILES string of the molecule is COc1cc(CNc2ccccc2NC(=O)C2=CC=C(OCCN3CCCC3=O)CC2)ccc1CN1CCOCC1. The topological polar surface area (TPSA) is 92.4 Å². The highest BCUT2D eigenvalue weighted by molar-refractivity contribution is 6.05. The summed E-state index contributed by atoms with van der Waals surface area (Å²) in [4.78, 5) is 29.0. The third kappa shape index (κ3) is 7.89. The van der Waals surface area contributed by atoms with Crippen LogP contribution in [0.15, 0.2) is 65.9 Å². The molecule has 2 aromatic carbocycles. The van der Waals surface area contributed by atoms with Gasteiger partial charge in [0.05, 0.1) is 44.0 Å². The number of morpholine rings is 1. The molecule has 0 saturated carbocycles. The van der Waals surface area contributed by atoms with Gasteiger partial charge in [-0.1, -0.05) is 30.3 Å². The number of likely N-dealkylation sites (tertiary alicyclic amines) is 1. The minimum Gasteiger partial charge on any atom is -0.496 e. The summed E-state index contributed by atoms with van der Waals surface area (Å²) >= 11 is 0. The summed E-state index contributed by atoms with van der Waals surface area (Å²) in [6.45, 7) is 6.75. The molecule has 5 rings (SSSR count). The molecule has 1 aliphatic carbocycles. The molecule has 41 heavy (non-hydrogen) atoms. The van der Waals surface area contributed by atoms with Crippen molar-refractivity contribution in [3.8, 4) is 5.75 Å². The predicted molar refractivity (Wildman–Crippen MR) is 159 cm³/mol. The van der Waals surface area contributed by atoms with Gasteiger partial charge in [-0.2, -0.15) is 0 Å². The monoisotopic (exact) mass is 560 g/mol. The number of benzene rings is 2. The first-order valence-electron chi connectivity index (χ1n) is 14.5. The van der Waals surface area contributed by atoms with E-state index in [1.54, 1.807) is 7.11 Å². The van der Waals surface area contributed by atoms with Crippen LogP contribution in [0, 0.1) is 0 Å². The number of amides is 2. The molecule has 2 fully saturated rings. The Balaban J connectivity index is 1.14. The molecule has 2 heterocycles. The van der Waals surface area contributed by atoms with E-state index >= 15 is 0 Å². The molecule has 0 spiro atoms. The van der Waals surface area contributed by atoms with Gasteiger partial charge in [0, 0.05) is 56.7 Å². The van der Waals surface area contributed by atoms with Gasteiger partial charge in [0.15, 0.2) is 0 Å².